The first-order valence-electron chi connectivity index (χ1n) is 7.82. The van der Waals surface area contributed by atoms with E-state index in [4.69, 9.17) is 9.15 Å². The molecule has 0 saturated heterocycles. The Morgan fingerprint density at radius 1 is 1.18 bits per heavy atom. The van der Waals surface area contributed by atoms with E-state index in [-0.39, 0.29) is 0 Å². The summed E-state index contributed by atoms with van der Waals surface area (Å²) >= 11 is 0. The Balaban J connectivity index is 1.72. The third-order valence-electron chi connectivity index (χ3n) is 3.39. The minimum absolute atomic E-state index is 0.341. The molecule has 4 heteroatoms. The van der Waals surface area contributed by atoms with Gasteiger partial charge in [0.25, 0.3) is 0 Å². The summed E-state index contributed by atoms with van der Waals surface area (Å²) in [4.78, 5) is 2.19. The molecule has 0 spiro atoms. The lowest BCUT2D eigenvalue weighted by Gasteiger charge is -2.23. The third-order valence-corrected chi connectivity index (χ3v) is 3.39. The second-order valence-corrected chi connectivity index (χ2v) is 5.47. The fraction of sp³-hybridized carbons (Fsp3) is 0.444. The summed E-state index contributed by atoms with van der Waals surface area (Å²) in [6, 6.07) is 13.8. The molecule has 0 unspecified atom stereocenters. The predicted molar refractivity (Wildman–Crippen MR) is 86.4 cm³/mol. The van der Waals surface area contributed by atoms with E-state index in [1.165, 1.54) is 0 Å². The molecule has 0 fully saturated rings. The van der Waals surface area contributed by atoms with E-state index in [1.54, 1.807) is 6.26 Å². The highest BCUT2D eigenvalue weighted by Crippen LogP contribution is 2.08. The van der Waals surface area contributed by atoms with Crippen LogP contribution in [0.5, 0.6) is 0 Å². The van der Waals surface area contributed by atoms with Crippen molar-refractivity contribution in [2.45, 2.75) is 32.6 Å². The molecule has 1 aromatic heterocycles. The molecule has 4 nitrogen and oxygen atoms in total. The molecule has 1 aromatic carbocycles. The highest BCUT2D eigenvalue weighted by Gasteiger charge is 2.13. The zero-order valence-electron chi connectivity index (χ0n) is 13.1. The molecular formula is C18H25NO3. The number of rotatable bonds is 10. The number of furan rings is 1. The van der Waals surface area contributed by atoms with Crippen LogP contribution in [-0.4, -0.2) is 35.8 Å². The maximum atomic E-state index is 10.2. The van der Waals surface area contributed by atoms with Gasteiger partial charge in [0.15, 0.2) is 0 Å². The first-order chi connectivity index (χ1) is 10.8. The fourth-order valence-electron chi connectivity index (χ4n) is 2.41. The number of aliphatic hydroxyl groups excluding tert-OH is 1. The molecule has 2 aromatic rings. The van der Waals surface area contributed by atoms with Crippen LogP contribution in [0.1, 0.15) is 24.7 Å². The molecular weight excluding hydrogens is 278 g/mol. The summed E-state index contributed by atoms with van der Waals surface area (Å²) in [5.41, 5.74) is 1.12. The van der Waals surface area contributed by atoms with Gasteiger partial charge < -0.3 is 14.3 Å². The van der Waals surface area contributed by atoms with Crippen LogP contribution in [0.3, 0.4) is 0 Å². The van der Waals surface area contributed by atoms with Gasteiger partial charge in [0.1, 0.15) is 5.76 Å². The van der Waals surface area contributed by atoms with Gasteiger partial charge in [-0.3, -0.25) is 4.90 Å². The second kappa shape index (κ2) is 9.41. The Kier molecular flexibility index (Phi) is 7.16. The standard InChI is InChI=1S/C18H25NO3/c1-2-10-19(13-18-9-6-11-22-18)12-17(20)15-21-14-16-7-4-3-5-8-16/h3-9,11,17,20H,2,10,12-15H2,1H3/t17-/m1/s1. The predicted octanol–water partition coefficient (Wildman–Crippen LogP) is 3.07. The molecule has 1 heterocycles. The van der Waals surface area contributed by atoms with Crippen LogP contribution in [0.25, 0.3) is 0 Å². The molecule has 1 N–H and O–H groups in total. The molecule has 0 aliphatic rings. The monoisotopic (exact) mass is 303 g/mol. The summed E-state index contributed by atoms with van der Waals surface area (Å²) in [5, 5.41) is 10.2. The zero-order chi connectivity index (χ0) is 15.6. The lowest BCUT2D eigenvalue weighted by Crippen LogP contribution is -2.35. The van der Waals surface area contributed by atoms with E-state index >= 15 is 0 Å². The van der Waals surface area contributed by atoms with Gasteiger partial charge in [-0.2, -0.15) is 0 Å². The van der Waals surface area contributed by atoms with Crippen molar-refractivity contribution in [3.8, 4) is 0 Å². The van der Waals surface area contributed by atoms with E-state index in [0.717, 1.165) is 30.8 Å². The van der Waals surface area contributed by atoms with Gasteiger partial charge in [-0.05, 0) is 30.7 Å². The minimum atomic E-state index is -0.495. The van der Waals surface area contributed by atoms with E-state index < -0.39 is 6.10 Å². The number of ether oxygens (including phenoxy) is 1. The quantitative estimate of drug-likeness (QED) is 0.733. The van der Waals surface area contributed by atoms with Gasteiger partial charge in [0.2, 0.25) is 0 Å². The largest absolute Gasteiger partial charge is 0.468 e. The van der Waals surface area contributed by atoms with Gasteiger partial charge in [-0.1, -0.05) is 37.3 Å². The molecule has 0 aliphatic carbocycles. The molecule has 0 radical (unpaired) electrons. The van der Waals surface area contributed by atoms with Crippen molar-refractivity contribution in [2.75, 3.05) is 19.7 Å². The van der Waals surface area contributed by atoms with Crippen molar-refractivity contribution in [1.82, 2.24) is 4.90 Å². The van der Waals surface area contributed by atoms with Crippen molar-refractivity contribution in [3.05, 3.63) is 60.1 Å². The van der Waals surface area contributed by atoms with Crippen LogP contribution in [-0.2, 0) is 17.9 Å². The molecule has 2 rings (SSSR count). The first kappa shape index (κ1) is 16.7. The number of benzene rings is 1. The lowest BCUT2D eigenvalue weighted by atomic mass is 10.2. The van der Waals surface area contributed by atoms with Gasteiger partial charge in [-0.15, -0.1) is 0 Å². The fourth-order valence-corrected chi connectivity index (χ4v) is 2.41. The summed E-state index contributed by atoms with van der Waals surface area (Å²) in [6.45, 7) is 5.24. The Labute approximate surface area is 132 Å². The number of nitrogens with zero attached hydrogens (tertiary/aromatic N) is 1. The zero-order valence-corrected chi connectivity index (χ0v) is 13.1. The highest BCUT2D eigenvalue weighted by atomic mass is 16.5. The molecule has 22 heavy (non-hydrogen) atoms. The molecule has 0 bridgehead atoms. The summed E-state index contributed by atoms with van der Waals surface area (Å²) < 4.78 is 11.0. The number of aliphatic hydroxyl groups is 1. The maximum Gasteiger partial charge on any atom is 0.117 e. The highest BCUT2D eigenvalue weighted by molar-refractivity contribution is 5.13. The van der Waals surface area contributed by atoms with Crippen molar-refractivity contribution >= 4 is 0 Å². The smallest absolute Gasteiger partial charge is 0.117 e. The lowest BCUT2D eigenvalue weighted by molar-refractivity contribution is 0.00764. The van der Waals surface area contributed by atoms with Crippen LogP contribution in [0.2, 0.25) is 0 Å². The van der Waals surface area contributed by atoms with Crippen LogP contribution in [0, 0.1) is 0 Å². The van der Waals surface area contributed by atoms with E-state index in [9.17, 15) is 5.11 Å². The Morgan fingerprint density at radius 2 is 2.00 bits per heavy atom. The van der Waals surface area contributed by atoms with E-state index in [2.05, 4.69) is 11.8 Å². The van der Waals surface area contributed by atoms with Gasteiger partial charge in [-0.25, -0.2) is 0 Å². The van der Waals surface area contributed by atoms with Gasteiger partial charge in [0, 0.05) is 6.54 Å². The number of hydrogen-bond donors (Lipinski definition) is 1. The van der Waals surface area contributed by atoms with Crippen molar-refractivity contribution in [3.63, 3.8) is 0 Å². The normalized spacial score (nSPS) is 12.7. The minimum Gasteiger partial charge on any atom is -0.468 e. The average Bonchev–Trinajstić information content (AvgIpc) is 3.01. The van der Waals surface area contributed by atoms with Crippen molar-refractivity contribution < 1.29 is 14.3 Å². The van der Waals surface area contributed by atoms with E-state index in [0.29, 0.717) is 19.8 Å². The van der Waals surface area contributed by atoms with Crippen LogP contribution < -0.4 is 0 Å². The van der Waals surface area contributed by atoms with Crippen molar-refractivity contribution in [1.29, 1.82) is 0 Å². The number of hydrogen-bond acceptors (Lipinski definition) is 4. The SMILES string of the molecule is CCCN(Cc1ccco1)C[C@@H](O)COCc1ccccc1. The summed E-state index contributed by atoms with van der Waals surface area (Å²) in [5.74, 6) is 0.922. The van der Waals surface area contributed by atoms with Crippen molar-refractivity contribution in [2.24, 2.45) is 0 Å². The molecule has 1 atom stereocenters. The van der Waals surface area contributed by atoms with Crippen LogP contribution in [0.4, 0.5) is 0 Å². The maximum absolute atomic E-state index is 10.2. The van der Waals surface area contributed by atoms with Crippen LogP contribution >= 0.6 is 0 Å². The molecule has 0 saturated carbocycles. The Morgan fingerprint density at radius 3 is 2.68 bits per heavy atom. The summed E-state index contributed by atoms with van der Waals surface area (Å²) in [7, 11) is 0. The second-order valence-electron chi connectivity index (χ2n) is 5.47. The first-order valence-corrected chi connectivity index (χ1v) is 7.82. The molecule has 0 aliphatic heterocycles. The molecule has 0 amide bonds. The van der Waals surface area contributed by atoms with Crippen LogP contribution in [0.15, 0.2) is 53.1 Å². The topological polar surface area (TPSA) is 45.8 Å². The third kappa shape index (κ3) is 6.02. The summed E-state index contributed by atoms with van der Waals surface area (Å²) in [6.07, 6.45) is 2.22. The Bertz CT molecular complexity index is 498. The average molecular weight is 303 g/mol. The Hall–Kier alpha value is -1.62. The van der Waals surface area contributed by atoms with Gasteiger partial charge >= 0.3 is 0 Å². The molecule has 120 valence electrons. The van der Waals surface area contributed by atoms with E-state index in [1.807, 2.05) is 42.5 Å². The van der Waals surface area contributed by atoms with Gasteiger partial charge in [0.05, 0.1) is 32.1 Å².